The van der Waals surface area contributed by atoms with Crippen molar-refractivity contribution in [1.29, 1.82) is 0 Å². The van der Waals surface area contributed by atoms with Gasteiger partial charge in [0.25, 0.3) is 0 Å². The van der Waals surface area contributed by atoms with E-state index in [0.717, 1.165) is 17.7 Å². The predicted octanol–water partition coefficient (Wildman–Crippen LogP) is 3.79. The number of ketones is 1. The third-order valence-electron chi connectivity index (χ3n) is 3.10. The van der Waals surface area contributed by atoms with Gasteiger partial charge in [-0.3, -0.25) is 4.79 Å². The van der Waals surface area contributed by atoms with Gasteiger partial charge in [0.05, 0.1) is 0 Å². The lowest BCUT2D eigenvalue weighted by molar-refractivity contribution is 0.0984. The molecule has 0 N–H and O–H groups in total. The van der Waals surface area contributed by atoms with Crippen LogP contribution < -0.4 is 0 Å². The molecule has 3 nitrogen and oxygen atoms in total. The molecule has 0 aliphatic carbocycles. The molecule has 1 aromatic carbocycles. The Kier molecular flexibility index (Phi) is 5.48. The van der Waals surface area contributed by atoms with Gasteiger partial charge in [-0.1, -0.05) is 50.0 Å². The van der Waals surface area contributed by atoms with Crippen molar-refractivity contribution in [2.45, 2.75) is 39.4 Å². The SMILES string of the molecule is CC(CCC(=O)c1ccccc1)=NN(C)[Si](C)(C)C. The van der Waals surface area contributed by atoms with Crippen molar-refractivity contribution >= 4 is 19.7 Å². The van der Waals surface area contributed by atoms with Gasteiger partial charge in [-0.05, 0) is 13.3 Å². The highest BCUT2D eigenvalue weighted by atomic mass is 28.3. The maximum absolute atomic E-state index is 12.0. The molecular weight excluding hydrogens is 252 g/mol. The summed E-state index contributed by atoms with van der Waals surface area (Å²) in [5.74, 6) is 0.186. The van der Waals surface area contributed by atoms with Crippen LogP contribution in [0.5, 0.6) is 0 Å². The average molecular weight is 276 g/mol. The van der Waals surface area contributed by atoms with Crippen LogP contribution in [0.25, 0.3) is 0 Å². The molecule has 0 spiro atoms. The second kappa shape index (κ2) is 6.66. The summed E-state index contributed by atoms with van der Waals surface area (Å²) in [4.78, 5) is 12.0. The standard InChI is InChI=1S/C15H24N2OSi/c1-13(16-17(2)19(3,4)5)11-12-15(18)14-9-7-6-8-10-14/h6-10H,11-12H2,1-5H3. The minimum absolute atomic E-state index is 0.186. The number of nitrogens with zero attached hydrogens (tertiary/aromatic N) is 2. The molecule has 0 radical (unpaired) electrons. The Balaban J connectivity index is 2.53. The lowest BCUT2D eigenvalue weighted by Crippen LogP contribution is -2.39. The fraction of sp³-hybridized carbons (Fsp3) is 0.467. The fourth-order valence-electron chi connectivity index (χ4n) is 1.52. The van der Waals surface area contributed by atoms with Crippen molar-refractivity contribution in [3.8, 4) is 0 Å². The van der Waals surface area contributed by atoms with Gasteiger partial charge in [0, 0.05) is 24.7 Å². The van der Waals surface area contributed by atoms with Crippen molar-refractivity contribution in [2.24, 2.45) is 5.10 Å². The molecule has 1 rings (SSSR count). The average Bonchev–Trinajstić information content (AvgIpc) is 2.35. The number of hydrogen-bond donors (Lipinski definition) is 0. The van der Waals surface area contributed by atoms with E-state index in [9.17, 15) is 4.79 Å². The molecule has 0 unspecified atom stereocenters. The van der Waals surface area contributed by atoms with Crippen molar-refractivity contribution in [2.75, 3.05) is 7.05 Å². The highest BCUT2D eigenvalue weighted by Gasteiger charge is 2.19. The zero-order valence-electron chi connectivity index (χ0n) is 12.6. The van der Waals surface area contributed by atoms with Gasteiger partial charge < -0.3 is 4.67 Å². The molecule has 0 aliphatic rings. The lowest BCUT2D eigenvalue weighted by Gasteiger charge is -2.27. The van der Waals surface area contributed by atoms with Crippen LogP contribution in [0.2, 0.25) is 19.6 Å². The summed E-state index contributed by atoms with van der Waals surface area (Å²) >= 11 is 0. The number of rotatable bonds is 6. The molecule has 0 bridgehead atoms. The summed E-state index contributed by atoms with van der Waals surface area (Å²) in [5.41, 5.74) is 1.81. The van der Waals surface area contributed by atoms with E-state index in [0.29, 0.717) is 6.42 Å². The summed E-state index contributed by atoms with van der Waals surface area (Å²) in [6.07, 6.45) is 1.25. The molecule has 4 heteroatoms. The van der Waals surface area contributed by atoms with Crippen molar-refractivity contribution in [3.63, 3.8) is 0 Å². The van der Waals surface area contributed by atoms with Crippen LogP contribution in [0.3, 0.4) is 0 Å². The number of benzene rings is 1. The molecule has 19 heavy (non-hydrogen) atoms. The van der Waals surface area contributed by atoms with Gasteiger partial charge >= 0.3 is 0 Å². The van der Waals surface area contributed by atoms with Crippen LogP contribution >= 0.6 is 0 Å². The van der Waals surface area contributed by atoms with Crippen LogP contribution in [0.1, 0.15) is 30.1 Å². The number of hydrogen-bond acceptors (Lipinski definition) is 3. The predicted molar refractivity (Wildman–Crippen MR) is 84.2 cm³/mol. The second-order valence-corrected chi connectivity index (χ2v) is 10.8. The molecule has 104 valence electrons. The maximum Gasteiger partial charge on any atom is 0.168 e. The maximum atomic E-state index is 12.0. The lowest BCUT2D eigenvalue weighted by atomic mass is 10.1. The Morgan fingerprint density at radius 3 is 2.26 bits per heavy atom. The molecule has 0 saturated heterocycles. The van der Waals surface area contributed by atoms with E-state index in [1.165, 1.54) is 0 Å². The molecule has 0 fully saturated rings. The molecule has 0 amide bonds. The van der Waals surface area contributed by atoms with E-state index in [4.69, 9.17) is 0 Å². The van der Waals surface area contributed by atoms with E-state index < -0.39 is 8.24 Å². The summed E-state index contributed by atoms with van der Waals surface area (Å²) < 4.78 is 2.08. The Bertz CT molecular complexity index is 449. The van der Waals surface area contributed by atoms with Gasteiger partial charge in [-0.15, -0.1) is 0 Å². The van der Waals surface area contributed by atoms with Crippen LogP contribution in [-0.2, 0) is 0 Å². The highest BCUT2D eigenvalue weighted by molar-refractivity contribution is 6.73. The quantitative estimate of drug-likeness (QED) is 0.343. The monoisotopic (exact) mass is 276 g/mol. The minimum atomic E-state index is -1.38. The fourth-order valence-corrected chi connectivity index (χ4v) is 1.99. The number of Topliss-reactive ketones (excluding diaryl/α,β-unsaturated/α-hetero) is 1. The zero-order chi connectivity index (χ0) is 14.5. The second-order valence-electron chi connectivity index (χ2n) is 5.82. The van der Waals surface area contributed by atoms with Crippen LogP contribution in [0.4, 0.5) is 0 Å². The van der Waals surface area contributed by atoms with Crippen LogP contribution in [0, 0.1) is 0 Å². The normalized spacial score (nSPS) is 12.4. The molecule has 0 atom stereocenters. The Labute approximate surface area is 117 Å². The summed E-state index contributed by atoms with van der Waals surface area (Å²) in [5, 5.41) is 4.57. The smallest absolute Gasteiger partial charge is 0.168 e. The van der Waals surface area contributed by atoms with Gasteiger partial charge in [0.1, 0.15) is 0 Å². The summed E-state index contributed by atoms with van der Waals surface area (Å²) in [7, 11) is 0.640. The molecule has 0 saturated carbocycles. The van der Waals surface area contributed by atoms with Crippen LogP contribution in [0.15, 0.2) is 35.4 Å². The number of hydrazone groups is 1. The Hall–Kier alpha value is -1.42. The Morgan fingerprint density at radius 2 is 1.74 bits per heavy atom. The van der Waals surface area contributed by atoms with Gasteiger partial charge in [0.15, 0.2) is 14.0 Å². The molecule has 0 aromatic heterocycles. The minimum Gasteiger partial charge on any atom is -0.328 e. The zero-order valence-corrected chi connectivity index (χ0v) is 13.6. The van der Waals surface area contributed by atoms with E-state index in [-0.39, 0.29) is 5.78 Å². The van der Waals surface area contributed by atoms with E-state index >= 15 is 0 Å². The summed E-state index contributed by atoms with van der Waals surface area (Å²) in [6, 6.07) is 9.44. The van der Waals surface area contributed by atoms with Crippen molar-refractivity contribution < 1.29 is 4.79 Å². The van der Waals surface area contributed by atoms with Gasteiger partial charge in [0.2, 0.25) is 0 Å². The molecular formula is C15H24N2OSi. The number of carbonyl (C=O) groups excluding carboxylic acids is 1. The van der Waals surface area contributed by atoms with Crippen molar-refractivity contribution in [3.05, 3.63) is 35.9 Å². The third kappa shape index (κ3) is 5.38. The van der Waals surface area contributed by atoms with Gasteiger partial charge in [-0.2, -0.15) is 5.10 Å². The van der Waals surface area contributed by atoms with E-state index in [1.807, 2.05) is 44.3 Å². The topological polar surface area (TPSA) is 32.7 Å². The van der Waals surface area contributed by atoms with E-state index in [2.05, 4.69) is 29.4 Å². The van der Waals surface area contributed by atoms with Crippen molar-refractivity contribution in [1.82, 2.24) is 4.67 Å². The summed E-state index contributed by atoms with van der Waals surface area (Å²) in [6.45, 7) is 8.74. The molecule has 0 aliphatic heterocycles. The molecule has 0 heterocycles. The van der Waals surface area contributed by atoms with E-state index in [1.54, 1.807) is 0 Å². The number of carbonyl (C=O) groups is 1. The molecule has 1 aromatic rings. The highest BCUT2D eigenvalue weighted by Crippen LogP contribution is 2.09. The first kappa shape index (κ1) is 15.6. The first-order valence-corrected chi connectivity index (χ1v) is 10.1. The first-order valence-electron chi connectivity index (χ1n) is 6.67. The third-order valence-corrected chi connectivity index (χ3v) is 5.14. The van der Waals surface area contributed by atoms with Crippen LogP contribution in [-0.4, -0.2) is 31.5 Å². The van der Waals surface area contributed by atoms with Gasteiger partial charge in [-0.25, -0.2) is 0 Å². The largest absolute Gasteiger partial charge is 0.328 e. The Morgan fingerprint density at radius 1 is 1.16 bits per heavy atom. The first-order chi connectivity index (χ1) is 8.80.